The van der Waals surface area contributed by atoms with E-state index >= 15 is 0 Å². The quantitative estimate of drug-likeness (QED) is 0.246. The van der Waals surface area contributed by atoms with Crippen molar-refractivity contribution in [3.8, 4) is 11.1 Å². The lowest BCUT2D eigenvalue weighted by Gasteiger charge is -2.14. The summed E-state index contributed by atoms with van der Waals surface area (Å²) in [4.78, 5) is 31.1. The Bertz CT molecular complexity index is 1590. The summed E-state index contributed by atoms with van der Waals surface area (Å²) in [5.74, 6) is 0.694. The fourth-order valence-corrected chi connectivity index (χ4v) is 4.66. The molecule has 1 aromatic heterocycles. The van der Waals surface area contributed by atoms with Gasteiger partial charge in [0, 0.05) is 18.5 Å². The summed E-state index contributed by atoms with van der Waals surface area (Å²) in [5.41, 5.74) is 5.62. The van der Waals surface area contributed by atoms with E-state index in [0.717, 1.165) is 34.5 Å². The number of carbonyl (C=O) groups excluding carboxylic acids is 1. The molecule has 0 aliphatic rings. The topological polar surface area (TPSA) is 64.0 Å². The van der Waals surface area contributed by atoms with Crippen molar-refractivity contribution in [3.05, 3.63) is 130 Å². The van der Waals surface area contributed by atoms with E-state index in [1.807, 2.05) is 60.7 Å². The highest BCUT2D eigenvalue weighted by Gasteiger charge is 2.13. The standard InChI is InChI=1S/C33H31N3O2/c1-2-9-31-35-30-20-19-28(34-32(37)21-16-24-10-5-3-6-11-24)22-29(30)33(38)36(31)23-25-14-17-27(18-15-25)26-12-7-4-8-13-26/h3-8,10-15,17-20,22H,2,9,16,21,23H2,1H3,(H,34,37). The lowest BCUT2D eigenvalue weighted by Crippen LogP contribution is -2.26. The van der Waals surface area contributed by atoms with Crippen LogP contribution in [0.3, 0.4) is 0 Å². The van der Waals surface area contributed by atoms with Gasteiger partial charge in [0.25, 0.3) is 5.56 Å². The first kappa shape index (κ1) is 25.2. The lowest BCUT2D eigenvalue weighted by atomic mass is 10.0. The zero-order valence-corrected chi connectivity index (χ0v) is 21.6. The van der Waals surface area contributed by atoms with Crippen molar-refractivity contribution in [2.45, 2.75) is 39.2 Å². The van der Waals surface area contributed by atoms with Gasteiger partial charge in [-0.2, -0.15) is 0 Å². The van der Waals surface area contributed by atoms with Gasteiger partial charge in [-0.15, -0.1) is 0 Å². The van der Waals surface area contributed by atoms with Crippen molar-refractivity contribution < 1.29 is 4.79 Å². The van der Waals surface area contributed by atoms with Crippen LogP contribution >= 0.6 is 0 Å². The molecule has 1 amide bonds. The minimum atomic E-state index is -0.0917. The average Bonchev–Trinajstić information content (AvgIpc) is 2.96. The van der Waals surface area contributed by atoms with Crippen molar-refractivity contribution in [1.82, 2.24) is 9.55 Å². The predicted octanol–water partition coefficient (Wildman–Crippen LogP) is 6.64. The third-order valence-electron chi connectivity index (χ3n) is 6.68. The molecule has 0 spiro atoms. The van der Waals surface area contributed by atoms with Crippen molar-refractivity contribution in [3.63, 3.8) is 0 Å². The van der Waals surface area contributed by atoms with Crippen LogP contribution in [0, 0.1) is 0 Å². The number of aromatic nitrogens is 2. The van der Waals surface area contributed by atoms with E-state index in [-0.39, 0.29) is 11.5 Å². The van der Waals surface area contributed by atoms with Crippen LogP contribution in [0.5, 0.6) is 0 Å². The number of anilines is 1. The molecule has 5 rings (SSSR count). The molecule has 0 fully saturated rings. The van der Waals surface area contributed by atoms with Crippen molar-refractivity contribution in [1.29, 1.82) is 0 Å². The number of nitrogens with one attached hydrogen (secondary N) is 1. The van der Waals surface area contributed by atoms with Crippen molar-refractivity contribution in [2.24, 2.45) is 0 Å². The van der Waals surface area contributed by atoms with Gasteiger partial charge in [-0.1, -0.05) is 91.9 Å². The number of hydrogen-bond acceptors (Lipinski definition) is 3. The normalized spacial score (nSPS) is 11.0. The summed E-state index contributed by atoms with van der Waals surface area (Å²) in [6.45, 7) is 2.53. The van der Waals surface area contributed by atoms with Gasteiger partial charge in [0.1, 0.15) is 5.82 Å². The molecule has 38 heavy (non-hydrogen) atoms. The summed E-state index contributed by atoms with van der Waals surface area (Å²) in [6.07, 6.45) is 2.64. The van der Waals surface area contributed by atoms with Gasteiger partial charge in [0.05, 0.1) is 17.4 Å². The summed E-state index contributed by atoms with van der Waals surface area (Å²) < 4.78 is 1.77. The Kier molecular flexibility index (Phi) is 7.74. The van der Waals surface area contributed by atoms with Crippen molar-refractivity contribution in [2.75, 3.05) is 5.32 Å². The van der Waals surface area contributed by atoms with Gasteiger partial charge < -0.3 is 5.32 Å². The van der Waals surface area contributed by atoms with Crippen LogP contribution in [0.2, 0.25) is 0 Å². The van der Waals surface area contributed by atoms with Gasteiger partial charge >= 0.3 is 0 Å². The van der Waals surface area contributed by atoms with E-state index in [4.69, 9.17) is 4.98 Å². The Balaban J connectivity index is 1.39. The smallest absolute Gasteiger partial charge is 0.261 e. The number of carbonyl (C=O) groups is 1. The summed E-state index contributed by atoms with van der Waals surface area (Å²) in [6, 6.07) is 33.9. The van der Waals surface area contributed by atoms with Gasteiger partial charge in [-0.25, -0.2) is 4.98 Å². The fourth-order valence-electron chi connectivity index (χ4n) is 4.66. The van der Waals surface area contributed by atoms with Crippen LogP contribution in [0.25, 0.3) is 22.0 Å². The first-order valence-corrected chi connectivity index (χ1v) is 13.1. The molecule has 5 heteroatoms. The molecule has 1 heterocycles. The molecule has 0 aliphatic heterocycles. The zero-order chi connectivity index (χ0) is 26.3. The van der Waals surface area contributed by atoms with Gasteiger partial charge in [-0.3, -0.25) is 14.2 Å². The number of benzene rings is 4. The molecule has 0 radical (unpaired) electrons. The SMILES string of the molecule is CCCc1nc2ccc(NC(=O)CCc3ccccc3)cc2c(=O)n1Cc1ccc(-c2ccccc2)cc1. The Morgan fingerprint density at radius 3 is 2.18 bits per heavy atom. The Morgan fingerprint density at radius 2 is 1.47 bits per heavy atom. The summed E-state index contributed by atoms with van der Waals surface area (Å²) in [5, 5.41) is 3.45. The number of rotatable bonds is 9. The van der Waals surface area contributed by atoms with E-state index in [1.54, 1.807) is 10.6 Å². The Morgan fingerprint density at radius 1 is 0.789 bits per heavy atom. The monoisotopic (exact) mass is 501 g/mol. The number of aryl methyl sites for hydroxylation is 2. The van der Waals surface area contributed by atoms with E-state index < -0.39 is 0 Å². The molecular formula is C33H31N3O2. The van der Waals surface area contributed by atoms with E-state index in [0.29, 0.717) is 42.4 Å². The first-order chi connectivity index (χ1) is 18.6. The van der Waals surface area contributed by atoms with Crippen molar-refractivity contribution >= 4 is 22.5 Å². The number of fused-ring (bicyclic) bond motifs is 1. The molecule has 0 unspecified atom stereocenters. The van der Waals surface area contributed by atoms with E-state index in [2.05, 4.69) is 48.6 Å². The third kappa shape index (κ3) is 5.89. The van der Waals surface area contributed by atoms with E-state index in [9.17, 15) is 9.59 Å². The van der Waals surface area contributed by atoms with Crippen LogP contribution in [-0.2, 0) is 24.2 Å². The third-order valence-corrected chi connectivity index (χ3v) is 6.68. The van der Waals surface area contributed by atoms with Crippen LogP contribution in [0.1, 0.15) is 36.7 Å². The van der Waals surface area contributed by atoms with Gasteiger partial charge in [0.2, 0.25) is 5.91 Å². The minimum absolute atomic E-state index is 0.0809. The van der Waals surface area contributed by atoms with Crippen LogP contribution in [0.4, 0.5) is 5.69 Å². The number of hydrogen-bond donors (Lipinski definition) is 1. The molecule has 190 valence electrons. The maximum Gasteiger partial charge on any atom is 0.261 e. The lowest BCUT2D eigenvalue weighted by molar-refractivity contribution is -0.116. The second-order valence-corrected chi connectivity index (χ2v) is 9.50. The molecule has 5 aromatic rings. The molecule has 0 bridgehead atoms. The zero-order valence-electron chi connectivity index (χ0n) is 21.6. The fraction of sp³-hybridized carbons (Fsp3) is 0.182. The van der Waals surface area contributed by atoms with E-state index in [1.165, 1.54) is 0 Å². The molecular weight excluding hydrogens is 470 g/mol. The van der Waals surface area contributed by atoms with Crippen LogP contribution < -0.4 is 10.9 Å². The highest BCUT2D eigenvalue weighted by Crippen LogP contribution is 2.21. The molecule has 5 nitrogen and oxygen atoms in total. The Hall–Kier alpha value is -4.51. The number of amides is 1. The van der Waals surface area contributed by atoms with Gasteiger partial charge in [0.15, 0.2) is 0 Å². The molecule has 0 saturated heterocycles. The number of nitrogens with zero attached hydrogens (tertiary/aromatic N) is 2. The predicted molar refractivity (Wildman–Crippen MR) is 154 cm³/mol. The second-order valence-electron chi connectivity index (χ2n) is 9.50. The molecule has 0 saturated carbocycles. The molecule has 0 atom stereocenters. The highest BCUT2D eigenvalue weighted by molar-refractivity contribution is 5.93. The Labute approximate surface area is 222 Å². The molecule has 0 aliphatic carbocycles. The average molecular weight is 502 g/mol. The molecule has 1 N–H and O–H groups in total. The largest absolute Gasteiger partial charge is 0.326 e. The summed E-state index contributed by atoms with van der Waals surface area (Å²) >= 11 is 0. The summed E-state index contributed by atoms with van der Waals surface area (Å²) in [7, 11) is 0. The first-order valence-electron chi connectivity index (χ1n) is 13.1. The molecule has 4 aromatic carbocycles. The highest BCUT2D eigenvalue weighted by atomic mass is 16.1. The second kappa shape index (κ2) is 11.7. The maximum atomic E-state index is 13.7. The van der Waals surface area contributed by atoms with Crippen LogP contribution in [-0.4, -0.2) is 15.5 Å². The van der Waals surface area contributed by atoms with Gasteiger partial charge in [-0.05, 0) is 53.3 Å². The minimum Gasteiger partial charge on any atom is -0.326 e. The van der Waals surface area contributed by atoms with Crippen LogP contribution in [0.15, 0.2) is 108 Å². The maximum absolute atomic E-state index is 13.7.